The van der Waals surface area contributed by atoms with Crippen molar-refractivity contribution in [3.63, 3.8) is 0 Å². The molecule has 5 heteroatoms. The average Bonchev–Trinajstić information content (AvgIpc) is 2.77. The topological polar surface area (TPSA) is 50.9 Å². The number of benzene rings is 1. The van der Waals surface area contributed by atoms with E-state index in [1.807, 2.05) is 11.6 Å². The van der Waals surface area contributed by atoms with Crippen LogP contribution in [0.4, 0.5) is 0 Å². The molecule has 0 saturated carbocycles. The SMILES string of the molecule is Cc1ccc(-c2nnc(SCCCCO)n2C)cc1. The summed E-state index contributed by atoms with van der Waals surface area (Å²) in [6.07, 6.45) is 1.84. The van der Waals surface area contributed by atoms with Crippen molar-refractivity contribution in [3.8, 4) is 11.4 Å². The van der Waals surface area contributed by atoms with Crippen LogP contribution >= 0.6 is 11.8 Å². The Morgan fingerprint density at radius 1 is 1.16 bits per heavy atom. The smallest absolute Gasteiger partial charge is 0.191 e. The van der Waals surface area contributed by atoms with E-state index in [-0.39, 0.29) is 6.61 Å². The number of aromatic nitrogens is 3. The van der Waals surface area contributed by atoms with E-state index in [0.29, 0.717) is 0 Å². The molecule has 0 saturated heterocycles. The normalized spacial score (nSPS) is 10.9. The molecule has 0 aliphatic carbocycles. The van der Waals surface area contributed by atoms with Crippen molar-refractivity contribution in [2.24, 2.45) is 7.05 Å². The van der Waals surface area contributed by atoms with Gasteiger partial charge in [-0.15, -0.1) is 10.2 Å². The molecule has 0 aliphatic heterocycles. The maximum absolute atomic E-state index is 8.75. The van der Waals surface area contributed by atoms with Crippen LogP contribution in [-0.2, 0) is 7.05 Å². The summed E-state index contributed by atoms with van der Waals surface area (Å²) in [7, 11) is 1.99. The van der Waals surface area contributed by atoms with Crippen LogP contribution < -0.4 is 0 Å². The summed E-state index contributed by atoms with van der Waals surface area (Å²) < 4.78 is 2.02. The molecule has 0 fully saturated rings. The molecule has 1 N–H and O–H groups in total. The fourth-order valence-electron chi connectivity index (χ4n) is 1.77. The first-order valence-electron chi connectivity index (χ1n) is 6.42. The highest BCUT2D eigenvalue weighted by molar-refractivity contribution is 7.99. The third-order valence-electron chi connectivity index (χ3n) is 2.93. The van der Waals surface area contributed by atoms with E-state index < -0.39 is 0 Å². The van der Waals surface area contributed by atoms with Gasteiger partial charge in [0.05, 0.1) is 0 Å². The molecule has 0 atom stereocenters. The van der Waals surface area contributed by atoms with E-state index in [2.05, 4.69) is 41.4 Å². The Kier molecular flexibility index (Phi) is 4.99. The van der Waals surface area contributed by atoms with Gasteiger partial charge in [0.25, 0.3) is 0 Å². The van der Waals surface area contributed by atoms with Gasteiger partial charge >= 0.3 is 0 Å². The Labute approximate surface area is 117 Å². The number of unbranched alkanes of at least 4 members (excludes halogenated alkanes) is 1. The molecular weight excluding hydrogens is 258 g/mol. The summed E-state index contributed by atoms with van der Waals surface area (Å²) in [5.74, 6) is 1.85. The largest absolute Gasteiger partial charge is 0.396 e. The van der Waals surface area contributed by atoms with E-state index in [4.69, 9.17) is 5.11 Å². The van der Waals surface area contributed by atoms with Gasteiger partial charge in [-0.25, -0.2) is 0 Å². The lowest BCUT2D eigenvalue weighted by Crippen LogP contribution is -1.95. The van der Waals surface area contributed by atoms with E-state index in [1.54, 1.807) is 11.8 Å². The maximum Gasteiger partial charge on any atom is 0.191 e. The van der Waals surface area contributed by atoms with Crippen molar-refractivity contribution in [1.82, 2.24) is 14.8 Å². The van der Waals surface area contributed by atoms with Crippen molar-refractivity contribution >= 4 is 11.8 Å². The lowest BCUT2D eigenvalue weighted by atomic mass is 10.1. The van der Waals surface area contributed by atoms with Gasteiger partial charge in [0.15, 0.2) is 11.0 Å². The zero-order chi connectivity index (χ0) is 13.7. The minimum atomic E-state index is 0.258. The van der Waals surface area contributed by atoms with E-state index >= 15 is 0 Å². The van der Waals surface area contributed by atoms with E-state index in [1.165, 1.54) is 5.56 Å². The number of aliphatic hydroxyl groups excluding tert-OH is 1. The number of hydrogen-bond donors (Lipinski definition) is 1. The van der Waals surface area contributed by atoms with Crippen molar-refractivity contribution in [1.29, 1.82) is 0 Å². The second kappa shape index (κ2) is 6.73. The van der Waals surface area contributed by atoms with Gasteiger partial charge in [-0.1, -0.05) is 41.6 Å². The quantitative estimate of drug-likeness (QED) is 0.651. The Morgan fingerprint density at radius 2 is 1.89 bits per heavy atom. The lowest BCUT2D eigenvalue weighted by Gasteiger charge is -2.04. The number of rotatable bonds is 6. The second-order valence-corrected chi connectivity index (χ2v) is 5.57. The first-order chi connectivity index (χ1) is 9.22. The van der Waals surface area contributed by atoms with Crippen molar-refractivity contribution in [2.75, 3.05) is 12.4 Å². The summed E-state index contributed by atoms with van der Waals surface area (Å²) in [5.41, 5.74) is 2.33. The molecule has 2 rings (SSSR count). The second-order valence-electron chi connectivity index (χ2n) is 4.51. The Hall–Kier alpha value is -1.33. The molecule has 102 valence electrons. The van der Waals surface area contributed by atoms with Gasteiger partial charge in [0.1, 0.15) is 0 Å². The van der Waals surface area contributed by atoms with Crippen LogP contribution in [0.1, 0.15) is 18.4 Å². The number of aliphatic hydroxyl groups is 1. The monoisotopic (exact) mass is 277 g/mol. The molecule has 4 nitrogen and oxygen atoms in total. The summed E-state index contributed by atoms with van der Waals surface area (Å²) in [6, 6.07) is 8.30. The van der Waals surface area contributed by atoms with Gasteiger partial charge in [0.2, 0.25) is 0 Å². The first-order valence-corrected chi connectivity index (χ1v) is 7.41. The van der Waals surface area contributed by atoms with Gasteiger partial charge in [-0.2, -0.15) is 0 Å². The molecule has 1 aromatic carbocycles. The minimum Gasteiger partial charge on any atom is -0.396 e. The molecule has 2 aromatic rings. The maximum atomic E-state index is 8.75. The van der Waals surface area contributed by atoms with Crippen LogP contribution in [0, 0.1) is 6.92 Å². The van der Waals surface area contributed by atoms with Crippen LogP contribution in [-0.4, -0.2) is 32.2 Å². The van der Waals surface area contributed by atoms with Crippen LogP contribution in [0.25, 0.3) is 11.4 Å². The Morgan fingerprint density at radius 3 is 2.58 bits per heavy atom. The molecular formula is C14H19N3OS. The molecule has 1 aromatic heterocycles. The van der Waals surface area contributed by atoms with Crippen molar-refractivity contribution < 1.29 is 5.11 Å². The highest BCUT2D eigenvalue weighted by Gasteiger charge is 2.10. The predicted molar refractivity (Wildman–Crippen MR) is 78.2 cm³/mol. The number of thioether (sulfide) groups is 1. The lowest BCUT2D eigenvalue weighted by molar-refractivity contribution is 0.287. The van der Waals surface area contributed by atoms with Gasteiger partial charge in [-0.05, 0) is 19.8 Å². The molecule has 0 radical (unpaired) electrons. The number of hydrogen-bond acceptors (Lipinski definition) is 4. The fraction of sp³-hybridized carbons (Fsp3) is 0.429. The average molecular weight is 277 g/mol. The van der Waals surface area contributed by atoms with Crippen molar-refractivity contribution in [3.05, 3.63) is 29.8 Å². The van der Waals surface area contributed by atoms with Gasteiger partial charge in [0, 0.05) is 25.0 Å². The fourth-order valence-corrected chi connectivity index (χ4v) is 2.68. The zero-order valence-electron chi connectivity index (χ0n) is 11.3. The van der Waals surface area contributed by atoms with E-state index in [0.717, 1.165) is 35.1 Å². The number of aryl methyl sites for hydroxylation is 1. The third kappa shape index (κ3) is 3.58. The molecule has 0 aliphatic rings. The van der Waals surface area contributed by atoms with Crippen LogP contribution in [0.3, 0.4) is 0 Å². The third-order valence-corrected chi connectivity index (χ3v) is 4.03. The van der Waals surface area contributed by atoms with Crippen LogP contribution in [0.15, 0.2) is 29.4 Å². The predicted octanol–water partition coefficient (Wildman–Crippen LogP) is 2.66. The molecule has 1 heterocycles. The molecule has 0 amide bonds. The zero-order valence-corrected chi connectivity index (χ0v) is 12.2. The minimum absolute atomic E-state index is 0.258. The summed E-state index contributed by atoms with van der Waals surface area (Å²) in [4.78, 5) is 0. The standard InChI is InChI=1S/C14H19N3OS/c1-11-5-7-12(8-6-11)13-15-16-14(17(13)2)19-10-4-3-9-18/h5-8,18H,3-4,9-10H2,1-2H3. The Balaban J connectivity index is 2.07. The van der Waals surface area contributed by atoms with Gasteiger partial charge < -0.3 is 9.67 Å². The summed E-state index contributed by atoms with van der Waals surface area (Å²) in [6.45, 7) is 2.33. The highest BCUT2D eigenvalue weighted by Crippen LogP contribution is 2.23. The number of nitrogens with zero attached hydrogens (tertiary/aromatic N) is 3. The molecule has 19 heavy (non-hydrogen) atoms. The van der Waals surface area contributed by atoms with Gasteiger partial charge in [-0.3, -0.25) is 0 Å². The molecule has 0 unspecified atom stereocenters. The van der Waals surface area contributed by atoms with E-state index in [9.17, 15) is 0 Å². The molecule has 0 bridgehead atoms. The highest BCUT2D eigenvalue weighted by atomic mass is 32.2. The Bertz CT molecular complexity index is 522. The van der Waals surface area contributed by atoms with Crippen LogP contribution in [0.2, 0.25) is 0 Å². The summed E-state index contributed by atoms with van der Waals surface area (Å²) in [5, 5.41) is 18.2. The first kappa shape index (κ1) is 14.1. The van der Waals surface area contributed by atoms with Crippen molar-refractivity contribution in [2.45, 2.75) is 24.9 Å². The molecule has 0 spiro atoms. The van der Waals surface area contributed by atoms with Crippen LogP contribution in [0.5, 0.6) is 0 Å². The summed E-state index contributed by atoms with van der Waals surface area (Å²) >= 11 is 1.68.